The zero-order valence-electron chi connectivity index (χ0n) is 24.9. The molecule has 0 heterocycles. The Morgan fingerprint density at radius 1 is 0.889 bits per heavy atom. The molecule has 45 heavy (non-hydrogen) atoms. The van der Waals surface area contributed by atoms with E-state index in [1.54, 1.807) is 60.7 Å². The summed E-state index contributed by atoms with van der Waals surface area (Å²) in [5, 5.41) is 3.76. The summed E-state index contributed by atoms with van der Waals surface area (Å²) in [5.41, 5.74) is 1.69. The third-order valence-corrected chi connectivity index (χ3v) is 10.3. The average Bonchev–Trinajstić information content (AvgIpc) is 3.03. The fourth-order valence-corrected chi connectivity index (χ4v) is 6.85. The van der Waals surface area contributed by atoms with Crippen LogP contribution in [0.3, 0.4) is 0 Å². The highest BCUT2D eigenvalue weighted by molar-refractivity contribution is 9.10. The fourth-order valence-electron chi connectivity index (χ4n) is 4.68. The van der Waals surface area contributed by atoms with E-state index in [4.69, 9.17) is 23.2 Å². The highest BCUT2D eigenvalue weighted by Crippen LogP contribution is 2.28. The van der Waals surface area contributed by atoms with Crippen LogP contribution in [0.25, 0.3) is 0 Å². The minimum Gasteiger partial charge on any atom is -0.352 e. The van der Waals surface area contributed by atoms with E-state index in [2.05, 4.69) is 21.2 Å². The number of anilines is 1. The lowest BCUT2D eigenvalue weighted by atomic mass is 10.0. The van der Waals surface area contributed by atoms with Crippen LogP contribution in [0.4, 0.5) is 5.69 Å². The maximum atomic E-state index is 14.5. The molecule has 0 unspecified atom stereocenters. The number of hydrogen-bond acceptors (Lipinski definition) is 4. The summed E-state index contributed by atoms with van der Waals surface area (Å²) >= 11 is 16.1. The molecule has 4 aromatic rings. The average molecular weight is 732 g/mol. The summed E-state index contributed by atoms with van der Waals surface area (Å²) in [4.78, 5) is 29.9. The number of nitrogens with zero attached hydrogens (tertiary/aromatic N) is 2. The molecule has 7 nitrogen and oxygen atoms in total. The summed E-state index contributed by atoms with van der Waals surface area (Å²) in [6.07, 6.45) is 0.886. The smallest absolute Gasteiger partial charge is 0.264 e. The largest absolute Gasteiger partial charge is 0.352 e. The van der Waals surface area contributed by atoms with Crippen molar-refractivity contribution in [2.45, 2.75) is 50.2 Å². The van der Waals surface area contributed by atoms with Gasteiger partial charge in [-0.05, 0) is 73.0 Å². The highest BCUT2D eigenvalue weighted by atomic mass is 79.9. The molecule has 4 rings (SSSR count). The van der Waals surface area contributed by atoms with E-state index in [9.17, 15) is 18.0 Å². The summed E-state index contributed by atoms with van der Waals surface area (Å²) < 4.78 is 29.9. The molecule has 0 aliphatic heterocycles. The van der Waals surface area contributed by atoms with E-state index >= 15 is 0 Å². The number of halogens is 3. The second-order valence-electron chi connectivity index (χ2n) is 10.6. The first kappa shape index (κ1) is 34.5. The molecule has 2 amide bonds. The summed E-state index contributed by atoms with van der Waals surface area (Å²) in [7, 11) is -4.18. The van der Waals surface area contributed by atoms with Crippen molar-refractivity contribution in [3.05, 3.63) is 129 Å². The van der Waals surface area contributed by atoms with Crippen LogP contribution in [0, 0.1) is 0 Å². The minimum atomic E-state index is -4.18. The molecule has 0 saturated carbocycles. The molecule has 0 fully saturated rings. The number of carbonyl (C=O) groups is 2. The van der Waals surface area contributed by atoms with Crippen molar-refractivity contribution >= 4 is 66.7 Å². The molecule has 2 atom stereocenters. The van der Waals surface area contributed by atoms with Crippen LogP contribution >= 0.6 is 39.1 Å². The number of benzene rings is 4. The molecule has 11 heteroatoms. The van der Waals surface area contributed by atoms with Crippen molar-refractivity contribution in [3.63, 3.8) is 0 Å². The zero-order chi connectivity index (χ0) is 32.6. The van der Waals surface area contributed by atoms with Crippen molar-refractivity contribution < 1.29 is 18.0 Å². The van der Waals surface area contributed by atoms with Crippen molar-refractivity contribution in [2.24, 2.45) is 0 Å². The van der Waals surface area contributed by atoms with Crippen LogP contribution in [-0.2, 0) is 32.6 Å². The zero-order valence-corrected chi connectivity index (χ0v) is 28.8. The normalized spacial score (nSPS) is 12.6. The van der Waals surface area contributed by atoms with Crippen LogP contribution in [0.15, 0.2) is 112 Å². The number of sulfonamides is 1. The van der Waals surface area contributed by atoms with Gasteiger partial charge in [-0.15, -0.1) is 0 Å². The summed E-state index contributed by atoms with van der Waals surface area (Å²) in [5.74, 6) is -0.934. The van der Waals surface area contributed by atoms with Crippen molar-refractivity contribution in [2.75, 3.05) is 10.8 Å². The minimum absolute atomic E-state index is 0.0309. The molecular formula is C34H34BrCl2N3O4S. The molecule has 0 radical (unpaired) electrons. The summed E-state index contributed by atoms with van der Waals surface area (Å²) in [6.45, 7) is 3.23. The number of nitrogens with one attached hydrogen (secondary N) is 1. The fraction of sp³-hybridized carbons (Fsp3) is 0.235. The highest BCUT2D eigenvalue weighted by Gasteiger charge is 2.35. The van der Waals surface area contributed by atoms with Gasteiger partial charge in [0.05, 0.1) is 10.6 Å². The van der Waals surface area contributed by atoms with Gasteiger partial charge in [0.2, 0.25) is 11.8 Å². The molecule has 0 spiro atoms. The van der Waals surface area contributed by atoms with E-state index in [0.29, 0.717) is 27.7 Å². The van der Waals surface area contributed by atoms with E-state index < -0.39 is 28.5 Å². The van der Waals surface area contributed by atoms with Gasteiger partial charge in [0.15, 0.2) is 0 Å². The molecule has 1 N–H and O–H groups in total. The quantitative estimate of drug-likeness (QED) is 0.154. The second-order valence-corrected chi connectivity index (χ2v) is 14.2. The first-order chi connectivity index (χ1) is 21.5. The monoisotopic (exact) mass is 729 g/mol. The maximum Gasteiger partial charge on any atom is 0.264 e. The molecule has 236 valence electrons. The van der Waals surface area contributed by atoms with Gasteiger partial charge in [-0.1, -0.05) is 101 Å². The van der Waals surface area contributed by atoms with Crippen molar-refractivity contribution in [1.29, 1.82) is 0 Å². The van der Waals surface area contributed by atoms with Crippen LogP contribution in [-0.4, -0.2) is 43.8 Å². The first-order valence-corrected chi connectivity index (χ1v) is 17.4. The van der Waals surface area contributed by atoms with Crippen LogP contribution < -0.4 is 9.62 Å². The van der Waals surface area contributed by atoms with Crippen molar-refractivity contribution in [1.82, 2.24) is 10.2 Å². The Hall–Kier alpha value is -3.37. The summed E-state index contributed by atoms with van der Waals surface area (Å²) in [6, 6.07) is 27.7. The van der Waals surface area contributed by atoms with Gasteiger partial charge >= 0.3 is 0 Å². The van der Waals surface area contributed by atoms with Crippen molar-refractivity contribution in [3.8, 4) is 0 Å². The second kappa shape index (κ2) is 15.8. The third-order valence-electron chi connectivity index (χ3n) is 7.35. The van der Waals surface area contributed by atoms with Gasteiger partial charge in [-0.3, -0.25) is 13.9 Å². The molecule has 0 saturated heterocycles. The Labute approximate surface area is 283 Å². The lowest BCUT2D eigenvalue weighted by Gasteiger charge is -2.34. The van der Waals surface area contributed by atoms with E-state index in [-0.39, 0.29) is 29.8 Å². The van der Waals surface area contributed by atoms with Crippen LogP contribution in [0.2, 0.25) is 10.0 Å². The Morgan fingerprint density at radius 3 is 2.11 bits per heavy atom. The van der Waals surface area contributed by atoms with Crippen LogP contribution in [0.1, 0.15) is 31.4 Å². The third kappa shape index (κ3) is 9.10. The lowest BCUT2D eigenvalue weighted by Crippen LogP contribution is -2.54. The number of amides is 2. The van der Waals surface area contributed by atoms with Gasteiger partial charge in [0.25, 0.3) is 10.0 Å². The number of hydrogen-bond donors (Lipinski definition) is 1. The lowest BCUT2D eigenvalue weighted by molar-refractivity contribution is -0.140. The Balaban J connectivity index is 1.82. The van der Waals surface area contributed by atoms with Gasteiger partial charge < -0.3 is 10.2 Å². The van der Waals surface area contributed by atoms with E-state index in [0.717, 1.165) is 14.3 Å². The SMILES string of the molecule is CC[C@@H](C)NC(=O)[C@@H](Cc1ccccc1)N(Cc1ccc(Cl)cc1Cl)C(=O)CN(c1ccc(Br)cc1)S(=O)(=O)c1ccccc1. The number of carbonyl (C=O) groups excluding carboxylic acids is 2. The molecule has 0 aliphatic carbocycles. The number of rotatable bonds is 13. The Bertz CT molecular complexity index is 1710. The predicted molar refractivity (Wildman–Crippen MR) is 184 cm³/mol. The predicted octanol–water partition coefficient (Wildman–Crippen LogP) is 7.51. The first-order valence-electron chi connectivity index (χ1n) is 14.4. The van der Waals surface area contributed by atoms with Gasteiger partial charge in [0, 0.05) is 33.5 Å². The molecular weight excluding hydrogens is 697 g/mol. The Morgan fingerprint density at radius 2 is 1.51 bits per heavy atom. The van der Waals surface area contributed by atoms with Gasteiger partial charge in [-0.25, -0.2) is 8.42 Å². The van der Waals surface area contributed by atoms with E-state index in [1.807, 2.05) is 44.2 Å². The van der Waals surface area contributed by atoms with Gasteiger partial charge in [-0.2, -0.15) is 0 Å². The Kier molecular flexibility index (Phi) is 12.1. The molecule has 0 aliphatic rings. The van der Waals surface area contributed by atoms with E-state index in [1.165, 1.54) is 17.0 Å². The maximum absolute atomic E-state index is 14.5. The molecule has 4 aromatic carbocycles. The standard InChI is InChI=1S/C34H34BrCl2N3O4S/c1-3-24(2)38-34(42)32(20-25-10-6-4-7-11-25)39(22-26-14-17-28(36)21-31(26)37)33(41)23-40(29-18-15-27(35)16-19-29)45(43,44)30-12-8-5-9-13-30/h4-19,21,24,32H,3,20,22-23H2,1-2H3,(H,38,42)/t24-,32-/m1/s1. The van der Waals surface area contributed by atoms with Crippen LogP contribution in [0.5, 0.6) is 0 Å². The topological polar surface area (TPSA) is 86.8 Å². The van der Waals surface area contributed by atoms with Gasteiger partial charge in [0.1, 0.15) is 12.6 Å². The molecule has 0 bridgehead atoms. The molecule has 0 aromatic heterocycles.